The smallest absolute Gasteiger partial charge is 0.323 e. The average molecular weight is 421 g/mol. The first-order valence-corrected chi connectivity index (χ1v) is 4.87. The molecule has 0 saturated heterocycles. The molecule has 0 amide bonds. The highest BCUT2D eigenvalue weighted by molar-refractivity contribution is 9.10. The molecule has 2 N–H and O–H groups in total. The zero-order valence-electron chi connectivity index (χ0n) is 8.55. The normalized spacial score (nSPS) is 10.7. The average Bonchev–Trinajstić information content (AvgIpc) is 2.16. The number of aromatic nitrogens is 1. The molecule has 1 unspecified atom stereocenters. The van der Waals surface area contributed by atoms with Gasteiger partial charge < -0.3 is 10.5 Å². The first kappa shape index (κ1) is 18.4. The molecule has 0 saturated carbocycles. The molecular formula is C9H13Br3N2O2. The van der Waals surface area contributed by atoms with E-state index < -0.39 is 12.0 Å². The summed E-state index contributed by atoms with van der Waals surface area (Å²) in [5.41, 5.74) is 6.34. The third-order valence-corrected chi connectivity index (χ3v) is 2.15. The minimum atomic E-state index is -0.651. The lowest BCUT2D eigenvalue weighted by Gasteiger charge is -2.08. The molecule has 0 aromatic carbocycles. The Labute approximate surface area is 124 Å². The van der Waals surface area contributed by atoms with Gasteiger partial charge in [0, 0.05) is 12.1 Å². The van der Waals surface area contributed by atoms with Crippen LogP contribution in [0.1, 0.15) is 5.69 Å². The van der Waals surface area contributed by atoms with E-state index in [-0.39, 0.29) is 34.0 Å². The maximum atomic E-state index is 11.0. The summed E-state index contributed by atoms with van der Waals surface area (Å²) < 4.78 is 5.24. The second-order valence-electron chi connectivity index (χ2n) is 2.79. The van der Waals surface area contributed by atoms with Crippen LogP contribution >= 0.6 is 49.9 Å². The SMILES string of the molecule is Br.Br.COC(=O)C(N)Cc1cccc(Br)n1. The van der Waals surface area contributed by atoms with Crippen molar-refractivity contribution >= 4 is 55.9 Å². The van der Waals surface area contributed by atoms with Crippen molar-refractivity contribution in [3.05, 3.63) is 28.5 Å². The van der Waals surface area contributed by atoms with Crippen LogP contribution in [-0.4, -0.2) is 24.1 Å². The van der Waals surface area contributed by atoms with Gasteiger partial charge in [-0.1, -0.05) is 6.07 Å². The van der Waals surface area contributed by atoms with Crippen LogP contribution in [0.5, 0.6) is 0 Å². The first-order valence-electron chi connectivity index (χ1n) is 4.08. The molecule has 16 heavy (non-hydrogen) atoms. The molecule has 1 rings (SSSR count). The van der Waals surface area contributed by atoms with Crippen molar-refractivity contribution in [2.75, 3.05) is 7.11 Å². The lowest BCUT2D eigenvalue weighted by molar-refractivity contribution is -0.142. The molecule has 0 aliphatic rings. The van der Waals surface area contributed by atoms with Crippen molar-refractivity contribution in [2.24, 2.45) is 5.73 Å². The Bertz CT molecular complexity index is 336. The molecule has 0 radical (unpaired) electrons. The standard InChI is InChI=1S/C9H11BrN2O2.2BrH/c1-14-9(13)7(11)5-6-3-2-4-8(10)12-6;;/h2-4,7H,5,11H2,1H3;2*1H. The van der Waals surface area contributed by atoms with Crippen LogP contribution in [0.4, 0.5) is 0 Å². The van der Waals surface area contributed by atoms with Gasteiger partial charge in [0.1, 0.15) is 10.6 Å². The number of halogens is 3. The summed E-state index contributed by atoms with van der Waals surface area (Å²) in [6, 6.07) is 4.82. The van der Waals surface area contributed by atoms with Gasteiger partial charge in [0.25, 0.3) is 0 Å². The highest BCUT2D eigenvalue weighted by Crippen LogP contribution is 2.07. The maximum Gasteiger partial charge on any atom is 0.323 e. The Morgan fingerprint density at radius 3 is 2.69 bits per heavy atom. The predicted octanol–water partition coefficient (Wildman–Crippen LogP) is 2.04. The van der Waals surface area contributed by atoms with Crippen LogP contribution < -0.4 is 5.73 Å². The van der Waals surface area contributed by atoms with Crippen molar-refractivity contribution < 1.29 is 9.53 Å². The highest BCUT2D eigenvalue weighted by atomic mass is 79.9. The van der Waals surface area contributed by atoms with E-state index in [2.05, 4.69) is 25.7 Å². The van der Waals surface area contributed by atoms with E-state index in [1.54, 1.807) is 0 Å². The van der Waals surface area contributed by atoms with Crippen LogP contribution in [0, 0.1) is 0 Å². The quantitative estimate of drug-likeness (QED) is 0.600. The number of carbonyl (C=O) groups is 1. The molecule has 0 aliphatic carbocycles. The number of rotatable bonds is 3. The number of hydrogen-bond donors (Lipinski definition) is 1. The van der Waals surface area contributed by atoms with E-state index in [1.165, 1.54) is 7.11 Å². The Kier molecular flexibility index (Phi) is 10.4. The van der Waals surface area contributed by atoms with Crippen LogP contribution in [0.3, 0.4) is 0 Å². The monoisotopic (exact) mass is 418 g/mol. The van der Waals surface area contributed by atoms with Crippen molar-refractivity contribution in [1.82, 2.24) is 4.98 Å². The lowest BCUT2D eigenvalue weighted by atomic mass is 10.1. The van der Waals surface area contributed by atoms with Crippen molar-refractivity contribution in [1.29, 1.82) is 0 Å². The van der Waals surface area contributed by atoms with Gasteiger partial charge in [0.2, 0.25) is 0 Å². The fourth-order valence-electron chi connectivity index (χ4n) is 1.02. The van der Waals surface area contributed by atoms with E-state index >= 15 is 0 Å². The molecule has 1 heterocycles. The third-order valence-electron chi connectivity index (χ3n) is 1.71. The number of esters is 1. The molecule has 1 atom stereocenters. The number of nitrogens with two attached hydrogens (primary N) is 1. The second-order valence-corrected chi connectivity index (χ2v) is 3.60. The third kappa shape index (κ3) is 5.93. The molecule has 7 heteroatoms. The number of pyridine rings is 1. The number of methoxy groups -OCH3 is 1. The van der Waals surface area contributed by atoms with Crippen LogP contribution in [0.2, 0.25) is 0 Å². The lowest BCUT2D eigenvalue weighted by Crippen LogP contribution is -2.33. The fraction of sp³-hybridized carbons (Fsp3) is 0.333. The molecule has 92 valence electrons. The van der Waals surface area contributed by atoms with Gasteiger partial charge in [-0.3, -0.25) is 4.79 Å². The Balaban J connectivity index is 0. The van der Waals surface area contributed by atoms with Gasteiger partial charge in [-0.25, -0.2) is 4.98 Å². The molecule has 4 nitrogen and oxygen atoms in total. The molecule has 1 aromatic rings. The summed E-state index contributed by atoms with van der Waals surface area (Å²) in [6.45, 7) is 0. The Morgan fingerprint density at radius 2 is 2.19 bits per heavy atom. The Hall–Kier alpha value is 0.0200. The second kappa shape index (κ2) is 9.09. The molecule has 0 fully saturated rings. The zero-order chi connectivity index (χ0) is 10.6. The van der Waals surface area contributed by atoms with Crippen molar-refractivity contribution in [3.8, 4) is 0 Å². The highest BCUT2D eigenvalue weighted by Gasteiger charge is 2.14. The summed E-state index contributed by atoms with van der Waals surface area (Å²) in [4.78, 5) is 15.2. The fourth-order valence-corrected chi connectivity index (χ4v) is 1.40. The zero-order valence-corrected chi connectivity index (χ0v) is 13.6. The van der Waals surface area contributed by atoms with E-state index in [0.29, 0.717) is 6.42 Å². The van der Waals surface area contributed by atoms with E-state index in [0.717, 1.165) is 10.3 Å². The first-order chi connectivity index (χ1) is 6.63. The minimum Gasteiger partial charge on any atom is -0.468 e. The molecular weight excluding hydrogens is 408 g/mol. The minimum absolute atomic E-state index is 0. The van der Waals surface area contributed by atoms with Gasteiger partial charge in [0.05, 0.1) is 7.11 Å². The number of nitrogens with zero attached hydrogens (tertiary/aromatic N) is 1. The van der Waals surface area contributed by atoms with Crippen molar-refractivity contribution in [2.45, 2.75) is 12.5 Å². The molecule has 0 bridgehead atoms. The number of carbonyl (C=O) groups excluding carboxylic acids is 1. The van der Waals surface area contributed by atoms with Gasteiger partial charge in [-0.15, -0.1) is 34.0 Å². The predicted molar refractivity (Wildman–Crippen MR) is 76.3 cm³/mol. The summed E-state index contributed by atoms with van der Waals surface area (Å²) in [5.74, 6) is -0.424. The van der Waals surface area contributed by atoms with E-state index in [4.69, 9.17) is 5.73 Å². The van der Waals surface area contributed by atoms with Crippen molar-refractivity contribution in [3.63, 3.8) is 0 Å². The maximum absolute atomic E-state index is 11.0. The molecule has 0 aliphatic heterocycles. The van der Waals surface area contributed by atoms with E-state index in [9.17, 15) is 4.79 Å². The largest absolute Gasteiger partial charge is 0.468 e. The summed E-state index contributed by atoms with van der Waals surface area (Å²) in [7, 11) is 1.32. The molecule has 1 aromatic heterocycles. The van der Waals surface area contributed by atoms with Crippen LogP contribution in [-0.2, 0) is 16.0 Å². The summed E-state index contributed by atoms with van der Waals surface area (Å²) in [5, 5.41) is 0. The number of ether oxygens (including phenoxy) is 1. The summed E-state index contributed by atoms with van der Waals surface area (Å²) >= 11 is 3.24. The van der Waals surface area contributed by atoms with Gasteiger partial charge in [-0.05, 0) is 28.1 Å². The molecule has 0 spiro atoms. The topological polar surface area (TPSA) is 65.2 Å². The number of hydrogen-bond acceptors (Lipinski definition) is 4. The van der Waals surface area contributed by atoms with Crippen LogP contribution in [0.15, 0.2) is 22.8 Å². The summed E-state index contributed by atoms with van der Waals surface area (Å²) in [6.07, 6.45) is 0.381. The Morgan fingerprint density at radius 1 is 1.56 bits per heavy atom. The van der Waals surface area contributed by atoms with E-state index in [1.807, 2.05) is 18.2 Å². The van der Waals surface area contributed by atoms with Gasteiger partial charge >= 0.3 is 5.97 Å². The van der Waals surface area contributed by atoms with Gasteiger partial charge in [0.15, 0.2) is 0 Å². The van der Waals surface area contributed by atoms with Crippen LogP contribution in [0.25, 0.3) is 0 Å². The van der Waals surface area contributed by atoms with Gasteiger partial charge in [-0.2, -0.15) is 0 Å².